The lowest BCUT2D eigenvalue weighted by atomic mass is 9.94. The van der Waals surface area contributed by atoms with Crippen molar-refractivity contribution in [3.8, 4) is 5.88 Å². The fraction of sp³-hybridized carbons (Fsp3) is 0.333. The molecule has 1 aliphatic heterocycles. The number of sulfonamides is 1. The van der Waals surface area contributed by atoms with Gasteiger partial charge in [-0.25, -0.2) is 17.6 Å². The Bertz CT molecular complexity index is 986. The molecule has 0 fully saturated rings. The summed E-state index contributed by atoms with van der Waals surface area (Å²) in [7, 11) is -3.83. The average Bonchev–Trinajstić information content (AvgIpc) is 3.08. The van der Waals surface area contributed by atoms with E-state index in [4.69, 9.17) is 4.74 Å². The highest BCUT2D eigenvalue weighted by Crippen LogP contribution is 2.33. The summed E-state index contributed by atoms with van der Waals surface area (Å²) in [4.78, 5) is 0.0232. The van der Waals surface area contributed by atoms with Crippen LogP contribution in [0.5, 0.6) is 5.88 Å². The number of pyridine rings is 1. The van der Waals surface area contributed by atoms with Gasteiger partial charge in [0, 0.05) is 17.7 Å². The standard InChI is InChI=1S/C15H17N5O3S/c1-15(2)9-20-14(23-10-15)12(8-16-20)24(21,22)18-13-7-11-5-3-4-6-19(11)17-13/h3-8H,9-10H2,1-2H3,(H,17,18). The van der Waals surface area contributed by atoms with Crippen LogP contribution in [0.3, 0.4) is 0 Å². The summed E-state index contributed by atoms with van der Waals surface area (Å²) >= 11 is 0. The summed E-state index contributed by atoms with van der Waals surface area (Å²) in [5, 5.41) is 8.35. The molecule has 1 aliphatic rings. The second-order valence-corrected chi connectivity index (χ2v) is 8.28. The molecule has 0 aromatic carbocycles. The van der Waals surface area contributed by atoms with Crippen molar-refractivity contribution >= 4 is 21.4 Å². The Kier molecular flexibility index (Phi) is 3.11. The minimum absolute atomic E-state index is 0.0232. The Morgan fingerprint density at radius 1 is 1.33 bits per heavy atom. The third-order valence-electron chi connectivity index (χ3n) is 3.84. The molecule has 0 bridgehead atoms. The SMILES string of the molecule is CC1(C)COc2c(S(=O)(=O)Nc3cc4ccccn4n3)cnn2C1. The van der Waals surface area contributed by atoms with Crippen molar-refractivity contribution in [3.63, 3.8) is 0 Å². The van der Waals surface area contributed by atoms with E-state index in [0.29, 0.717) is 13.2 Å². The molecule has 4 rings (SSSR count). The first-order valence-corrected chi connectivity index (χ1v) is 8.98. The van der Waals surface area contributed by atoms with E-state index in [9.17, 15) is 8.42 Å². The van der Waals surface area contributed by atoms with Gasteiger partial charge in [0.15, 0.2) is 10.7 Å². The zero-order chi connectivity index (χ0) is 16.9. The minimum Gasteiger partial charge on any atom is -0.476 e. The van der Waals surface area contributed by atoms with Gasteiger partial charge in [0.25, 0.3) is 10.0 Å². The van der Waals surface area contributed by atoms with E-state index in [1.165, 1.54) is 6.20 Å². The Morgan fingerprint density at radius 2 is 2.17 bits per heavy atom. The van der Waals surface area contributed by atoms with E-state index in [-0.39, 0.29) is 22.0 Å². The molecule has 8 nitrogen and oxygen atoms in total. The Hall–Kier alpha value is -2.55. The molecule has 3 aromatic heterocycles. The third kappa shape index (κ3) is 2.50. The number of nitrogens with one attached hydrogen (secondary N) is 1. The normalized spacial score (nSPS) is 16.6. The molecule has 126 valence electrons. The predicted octanol–water partition coefficient (Wildman–Crippen LogP) is 1.75. The maximum atomic E-state index is 12.7. The zero-order valence-corrected chi connectivity index (χ0v) is 14.1. The van der Waals surface area contributed by atoms with Gasteiger partial charge in [0.2, 0.25) is 5.88 Å². The second-order valence-electron chi connectivity index (χ2n) is 6.63. The molecule has 9 heteroatoms. The first kappa shape index (κ1) is 15.0. The lowest BCUT2D eigenvalue weighted by Crippen LogP contribution is -2.33. The molecular weight excluding hydrogens is 330 g/mol. The van der Waals surface area contributed by atoms with E-state index in [0.717, 1.165) is 5.52 Å². The van der Waals surface area contributed by atoms with Crippen molar-refractivity contribution in [3.05, 3.63) is 36.7 Å². The summed E-state index contributed by atoms with van der Waals surface area (Å²) < 4.78 is 36.7. The fourth-order valence-corrected chi connectivity index (χ4v) is 3.76. The van der Waals surface area contributed by atoms with Crippen LogP contribution in [0.25, 0.3) is 5.52 Å². The maximum Gasteiger partial charge on any atom is 0.270 e. The predicted molar refractivity (Wildman–Crippen MR) is 87.5 cm³/mol. The van der Waals surface area contributed by atoms with Gasteiger partial charge in [0.1, 0.15) is 0 Å². The molecule has 0 saturated heterocycles. The van der Waals surface area contributed by atoms with E-state index in [1.807, 2.05) is 32.0 Å². The number of anilines is 1. The quantitative estimate of drug-likeness (QED) is 0.779. The Labute approximate surface area is 139 Å². The molecule has 0 aliphatic carbocycles. The van der Waals surface area contributed by atoms with Gasteiger partial charge in [0.05, 0.1) is 24.9 Å². The number of nitrogens with zero attached hydrogens (tertiary/aromatic N) is 4. The highest BCUT2D eigenvalue weighted by molar-refractivity contribution is 7.92. The summed E-state index contributed by atoms with van der Waals surface area (Å²) in [5.74, 6) is 0.517. The van der Waals surface area contributed by atoms with Crippen LogP contribution >= 0.6 is 0 Å². The van der Waals surface area contributed by atoms with Gasteiger partial charge in [-0.1, -0.05) is 19.9 Å². The highest BCUT2D eigenvalue weighted by atomic mass is 32.2. The molecule has 3 aromatic rings. The highest BCUT2D eigenvalue weighted by Gasteiger charge is 2.33. The number of rotatable bonds is 3. The number of hydrogen-bond acceptors (Lipinski definition) is 5. The number of ether oxygens (including phenoxy) is 1. The topological polar surface area (TPSA) is 90.5 Å². The van der Waals surface area contributed by atoms with Crippen LogP contribution in [0.4, 0.5) is 5.82 Å². The van der Waals surface area contributed by atoms with E-state index in [1.54, 1.807) is 21.5 Å². The van der Waals surface area contributed by atoms with Crippen molar-refractivity contribution in [2.24, 2.45) is 5.41 Å². The van der Waals surface area contributed by atoms with Gasteiger partial charge in [-0.15, -0.1) is 5.10 Å². The number of hydrogen-bond donors (Lipinski definition) is 1. The molecule has 1 N–H and O–H groups in total. The van der Waals surface area contributed by atoms with Crippen LogP contribution in [-0.2, 0) is 16.6 Å². The average molecular weight is 347 g/mol. The summed E-state index contributed by atoms with van der Waals surface area (Å²) in [5.41, 5.74) is 0.708. The molecule has 0 saturated carbocycles. The molecule has 0 spiro atoms. The lowest BCUT2D eigenvalue weighted by Gasteiger charge is -2.30. The third-order valence-corrected chi connectivity index (χ3v) is 5.17. The van der Waals surface area contributed by atoms with Crippen molar-refractivity contribution in [1.29, 1.82) is 0 Å². The summed E-state index contributed by atoms with van der Waals surface area (Å²) in [6.07, 6.45) is 3.06. The Balaban J connectivity index is 1.67. The van der Waals surface area contributed by atoms with Crippen LogP contribution in [0.15, 0.2) is 41.6 Å². The van der Waals surface area contributed by atoms with Crippen LogP contribution in [-0.4, -0.2) is 34.4 Å². The van der Waals surface area contributed by atoms with Gasteiger partial charge in [-0.2, -0.15) is 5.10 Å². The molecule has 0 atom stereocenters. The lowest BCUT2D eigenvalue weighted by molar-refractivity contribution is 0.0971. The maximum absolute atomic E-state index is 12.7. The minimum atomic E-state index is -3.83. The molecule has 0 unspecified atom stereocenters. The van der Waals surface area contributed by atoms with E-state index < -0.39 is 10.0 Å². The van der Waals surface area contributed by atoms with Crippen LogP contribution < -0.4 is 9.46 Å². The van der Waals surface area contributed by atoms with Gasteiger partial charge in [-0.3, -0.25) is 4.72 Å². The number of aromatic nitrogens is 4. The molecule has 0 amide bonds. The van der Waals surface area contributed by atoms with E-state index in [2.05, 4.69) is 14.9 Å². The first-order chi connectivity index (χ1) is 11.3. The largest absolute Gasteiger partial charge is 0.476 e. The van der Waals surface area contributed by atoms with Crippen LogP contribution in [0.2, 0.25) is 0 Å². The van der Waals surface area contributed by atoms with Gasteiger partial charge in [-0.05, 0) is 12.1 Å². The monoisotopic (exact) mass is 347 g/mol. The molecule has 4 heterocycles. The van der Waals surface area contributed by atoms with Crippen LogP contribution in [0.1, 0.15) is 13.8 Å². The second kappa shape index (κ2) is 4.97. The zero-order valence-electron chi connectivity index (χ0n) is 13.3. The van der Waals surface area contributed by atoms with Crippen molar-refractivity contribution in [2.75, 3.05) is 11.3 Å². The number of fused-ring (bicyclic) bond motifs is 2. The molecule has 24 heavy (non-hydrogen) atoms. The van der Waals surface area contributed by atoms with Gasteiger partial charge < -0.3 is 4.74 Å². The van der Waals surface area contributed by atoms with Crippen molar-refractivity contribution in [1.82, 2.24) is 19.4 Å². The summed E-state index contributed by atoms with van der Waals surface area (Å²) in [6.45, 7) is 5.13. The van der Waals surface area contributed by atoms with Crippen molar-refractivity contribution < 1.29 is 13.2 Å². The van der Waals surface area contributed by atoms with E-state index >= 15 is 0 Å². The smallest absolute Gasteiger partial charge is 0.270 e. The fourth-order valence-electron chi connectivity index (χ4n) is 2.70. The first-order valence-electron chi connectivity index (χ1n) is 7.50. The van der Waals surface area contributed by atoms with Gasteiger partial charge >= 0.3 is 0 Å². The molecular formula is C15H17N5O3S. The van der Waals surface area contributed by atoms with Crippen molar-refractivity contribution in [2.45, 2.75) is 25.3 Å². The molecule has 0 radical (unpaired) electrons. The Morgan fingerprint density at radius 3 is 2.96 bits per heavy atom. The van der Waals surface area contributed by atoms with Crippen LogP contribution in [0, 0.1) is 5.41 Å². The summed E-state index contributed by atoms with van der Waals surface area (Å²) in [6, 6.07) is 7.19.